The molecule has 0 saturated heterocycles. The van der Waals surface area contributed by atoms with Crippen LogP contribution in [0.2, 0.25) is 0 Å². The van der Waals surface area contributed by atoms with E-state index in [9.17, 15) is 4.79 Å². The van der Waals surface area contributed by atoms with Gasteiger partial charge in [-0.05, 0) is 37.5 Å². The van der Waals surface area contributed by atoms with E-state index < -0.39 is 0 Å². The standard InChI is InChI=1S/C21H20O4/c1-4-14-7-5-6-8-15(14)21-16-9-18-19(24-11-23-18)10-17(16)25-13(3)20(21)12(2)22/h5-10,21H,4,11H2,1-3H3/t21-/m0/s1. The first kappa shape index (κ1) is 15.8. The molecule has 2 heterocycles. The molecular weight excluding hydrogens is 316 g/mol. The van der Waals surface area contributed by atoms with Crippen LogP contribution in [0.1, 0.15) is 43.4 Å². The van der Waals surface area contributed by atoms with Crippen molar-refractivity contribution < 1.29 is 19.0 Å². The Labute approximate surface area is 147 Å². The highest BCUT2D eigenvalue weighted by molar-refractivity contribution is 5.97. The first-order chi connectivity index (χ1) is 12.1. The third-order valence-corrected chi connectivity index (χ3v) is 4.87. The van der Waals surface area contributed by atoms with Crippen LogP contribution in [0.15, 0.2) is 47.7 Å². The van der Waals surface area contributed by atoms with Gasteiger partial charge in [0.25, 0.3) is 0 Å². The van der Waals surface area contributed by atoms with E-state index in [0.717, 1.165) is 23.3 Å². The van der Waals surface area contributed by atoms with E-state index >= 15 is 0 Å². The van der Waals surface area contributed by atoms with Gasteiger partial charge in [-0.3, -0.25) is 4.79 Å². The SMILES string of the molecule is CCc1ccccc1[C@@H]1C(C(C)=O)=C(C)Oc2cc3c(cc21)OCO3. The fourth-order valence-electron chi connectivity index (χ4n) is 3.74. The van der Waals surface area contributed by atoms with Gasteiger partial charge >= 0.3 is 0 Å². The Bertz CT molecular complexity index is 895. The maximum atomic E-state index is 12.4. The van der Waals surface area contributed by atoms with E-state index in [2.05, 4.69) is 19.1 Å². The molecule has 4 nitrogen and oxygen atoms in total. The Morgan fingerprint density at radius 3 is 2.52 bits per heavy atom. The number of carbonyl (C=O) groups excluding carboxylic acids is 1. The number of fused-ring (bicyclic) bond motifs is 2. The number of allylic oxidation sites excluding steroid dienone is 2. The summed E-state index contributed by atoms with van der Waals surface area (Å²) < 4.78 is 17.0. The van der Waals surface area contributed by atoms with Crippen molar-refractivity contribution in [2.24, 2.45) is 0 Å². The highest BCUT2D eigenvalue weighted by Gasteiger charge is 2.35. The van der Waals surface area contributed by atoms with Gasteiger partial charge in [0, 0.05) is 23.1 Å². The minimum Gasteiger partial charge on any atom is -0.461 e. The van der Waals surface area contributed by atoms with Gasteiger partial charge in [0.05, 0.1) is 0 Å². The first-order valence-corrected chi connectivity index (χ1v) is 8.51. The molecule has 4 rings (SSSR count). The lowest BCUT2D eigenvalue weighted by atomic mass is 9.78. The van der Waals surface area contributed by atoms with Crippen molar-refractivity contribution in [2.45, 2.75) is 33.1 Å². The molecule has 4 heteroatoms. The molecule has 2 aliphatic rings. The second kappa shape index (κ2) is 5.96. The molecule has 1 atom stereocenters. The molecular formula is C21H20O4. The maximum Gasteiger partial charge on any atom is 0.231 e. The minimum atomic E-state index is -0.160. The summed E-state index contributed by atoms with van der Waals surface area (Å²) in [7, 11) is 0. The van der Waals surface area contributed by atoms with Crippen LogP contribution in [0.5, 0.6) is 17.2 Å². The first-order valence-electron chi connectivity index (χ1n) is 8.51. The normalized spacial score (nSPS) is 18.0. The van der Waals surface area contributed by atoms with Crippen molar-refractivity contribution in [1.82, 2.24) is 0 Å². The highest BCUT2D eigenvalue weighted by Crippen LogP contribution is 2.49. The molecule has 0 aromatic heterocycles. The molecule has 0 spiro atoms. The van der Waals surface area contributed by atoms with Gasteiger partial charge in [0.1, 0.15) is 11.5 Å². The van der Waals surface area contributed by atoms with Gasteiger partial charge in [0.2, 0.25) is 6.79 Å². The van der Waals surface area contributed by atoms with Crippen LogP contribution >= 0.6 is 0 Å². The van der Waals surface area contributed by atoms with Gasteiger partial charge in [0.15, 0.2) is 17.3 Å². The van der Waals surface area contributed by atoms with Crippen LogP contribution in [0.3, 0.4) is 0 Å². The molecule has 0 unspecified atom stereocenters. The van der Waals surface area contributed by atoms with Crippen molar-refractivity contribution in [3.8, 4) is 17.2 Å². The number of hydrogen-bond acceptors (Lipinski definition) is 4. The number of ketones is 1. The number of aryl methyl sites for hydroxylation is 1. The molecule has 25 heavy (non-hydrogen) atoms. The number of benzene rings is 2. The lowest BCUT2D eigenvalue weighted by molar-refractivity contribution is -0.114. The molecule has 0 amide bonds. The minimum absolute atomic E-state index is 0.0247. The zero-order valence-corrected chi connectivity index (χ0v) is 14.6. The van der Waals surface area contributed by atoms with Crippen molar-refractivity contribution in [2.75, 3.05) is 6.79 Å². The molecule has 0 radical (unpaired) electrons. The van der Waals surface area contributed by atoms with Gasteiger partial charge in [-0.15, -0.1) is 0 Å². The van der Waals surface area contributed by atoms with Gasteiger partial charge in [-0.25, -0.2) is 0 Å². The molecule has 2 aromatic rings. The molecule has 0 aliphatic carbocycles. The molecule has 0 fully saturated rings. The summed E-state index contributed by atoms with van der Waals surface area (Å²) in [4.78, 5) is 12.4. The van der Waals surface area contributed by atoms with Crippen molar-refractivity contribution in [1.29, 1.82) is 0 Å². The Morgan fingerprint density at radius 1 is 1.08 bits per heavy atom. The molecule has 0 N–H and O–H groups in total. The van der Waals surface area contributed by atoms with Crippen LogP contribution in [0.25, 0.3) is 0 Å². The van der Waals surface area contributed by atoms with Crippen molar-refractivity contribution in [3.63, 3.8) is 0 Å². The fraction of sp³-hybridized carbons (Fsp3) is 0.286. The molecule has 0 saturated carbocycles. The zero-order valence-electron chi connectivity index (χ0n) is 14.6. The smallest absolute Gasteiger partial charge is 0.231 e. The Balaban J connectivity index is 1.97. The Kier molecular flexibility index (Phi) is 3.75. The number of carbonyl (C=O) groups is 1. The number of ether oxygens (including phenoxy) is 3. The summed E-state index contributed by atoms with van der Waals surface area (Å²) in [5.74, 6) is 2.62. The van der Waals surface area contributed by atoms with E-state index in [1.165, 1.54) is 5.56 Å². The maximum absolute atomic E-state index is 12.4. The van der Waals surface area contributed by atoms with Gasteiger partial charge in [-0.1, -0.05) is 31.2 Å². The monoisotopic (exact) mass is 336 g/mol. The van der Waals surface area contributed by atoms with E-state index in [-0.39, 0.29) is 18.5 Å². The lowest BCUT2D eigenvalue weighted by Crippen LogP contribution is -2.21. The summed E-state index contributed by atoms with van der Waals surface area (Å²) in [6.07, 6.45) is 0.900. The van der Waals surface area contributed by atoms with E-state index in [1.807, 2.05) is 31.2 Å². The third-order valence-electron chi connectivity index (χ3n) is 4.87. The fourth-order valence-corrected chi connectivity index (χ4v) is 3.74. The van der Waals surface area contributed by atoms with Gasteiger partial charge < -0.3 is 14.2 Å². The predicted molar refractivity (Wildman–Crippen MR) is 94.2 cm³/mol. The predicted octanol–water partition coefficient (Wildman–Crippen LogP) is 4.37. The van der Waals surface area contributed by atoms with Crippen molar-refractivity contribution >= 4 is 5.78 Å². The van der Waals surface area contributed by atoms with Crippen LogP contribution in [0.4, 0.5) is 0 Å². The largest absolute Gasteiger partial charge is 0.461 e. The zero-order chi connectivity index (χ0) is 17.6. The van der Waals surface area contributed by atoms with Crippen LogP contribution < -0.4 is 14.2 Å². The quantitative estimate of drug-likeness (QED) is 0.835. The average molecular weight is 336 g/mol. The number of hydrogen-bond donors (Lipinski definition) is 0. The number of Topliss-reactive ketones (excluding diaryl/α,β-unsaturated/α-hetero) is 1. The molecule has 2 aromatic carbocycles. The summed E-state index contributed by atoms with van der Waals surface area (Å²) in [5.41, 5.74) is 4.01. The van der Waals surface area contributed by atoms with Crippen molar-refractivity contribution in [3.05, 3.63) is 64.4 Å². The third kappa shape index (κ3) is 2.49. The van der Waals surface area contributed by atoms with E-state index in [4.69, 9.17) is 14.2 Å². The van der Waals surface area contributed by atoms with Crippen LogP contribution in [-0.4, -0.2) is 12.6 Å². The van der Waals surface area contributed by atoms with E-state index in [1.54, 1.807) is 6.92 Å². The Hall–Kier alpha value is -2.75. The summed E-state index contributed by atoms with van der Waals surface area (Å²) >= 11 is 0. The number of rotatable bonds is 3. The van der Waals surface area contributed by atoms with E-state index in [0.29, 0.717) is 22.8 Å². The summed E-state index contributed by atoms with van der Waals surface area (Å²) in [5, 5.41) is 0. The molecule has 2 aliphatic heterocycles. The lowest BCUT2D eigenvalue weighted by Gasteiger charge is -2.30. The molecule has 0 bridgehead atoms. The van der Waals surface area contributed by atoms with Crippen LogP contribution in [0, 0.1) is 0 Å². The average Bonchev–Trinajstić information content (AvgIpc) is 3.05. The van der Waals surface area contributed by atoms with Gasteiger partial charge in [-0.2, -0.15) is 0 Å². The Morgan fingerprint density at radius 2 is 1.80 bits per heavy atom. The molecule has 128 valence electrons. The summed E-state index contributed by atoms with van der Waals surface area (Å²) in [6.45, 7) is 5.79. The summed E-state index contributed by atoms with van der Waals surface area (Å²) in [6, 6.07) is 12.1. The second-order valence-corrected chi connectivity index (χ2v) is 6.36. The van der Waals surface area contributed by atoms with Crippen LogP contribution in [-0.2, 0) is 11.2 Å². The topological polar surface area (TPSA) is 44.8 Å². The highest BCUT2D eigenvalue weighted by atomic mass is 16.7. The second-order valence-electron chi connectivity index (χ2n) is 6.36.